The first kappa shape index (κ1) is 21.0. The van der Waals surface area contributed by atoms with Crippen LogP contribution in [0.3, 0.4) is 0 Å². The lowest BCUT2D eigenvalue weighted by atomic mass is 10.0. The first-order valence-electron chi connectivity index (χ1n) is 10.7. The van der Waals surface area contributed by atoms with Gasteiger partial charge in [-0.1, -0.05) is 19.1 Å². The van der Waals surface area contributed by atoms with E-state index in [9.17, 15) is 9.18 Å². The van der Waals surface area contributed by atoms with Crippen molar-refractivity contribution in [3.05, 3.63) is 76.9 Å². The number of carbonyl (C=O) groups excluding carboxylic acids is 1. The van der Waals surface area contributed by atoms with E-state index in [0.717, 1.165) is 47.8 Å². The van der Waals surface area contributed by atoms with Crippen molar-refractivity contribution in [2.45, 2.75) is 33.1 Å². The fraction of sp³-hybridized carbons (Fsp3) is 0.375. The van der Waals surface area contributed by atoms with Gasteiger partial charge in [-0.15, -0.1) is 0 Å². The monoisotopic (exact) mass is 422 g/mol. The van der Waals surface area contributed by atoms with E-state index in [1.165, 1.54) is 12.3 Å². The molecule has 0 unspecified atom stereocenters. The van der Waals surface area contributed by atoms with Gasteiger partial charge in [0.1, 0.15) is 17.5 Å². The number of hydrogen-bond donors (Lipinski definition) is 0. The molecule has 0 atom stereocenters. The number of benzene rings is 1. The third-order valence-corrected chi connectivity index (χ3v) is 5.60. The molecule has 3 heterocycles. The summed E-state index contributed by atoms with van der Waals surface area (Å²) in [6, 6.07) is 10.1. The molecule has 3 aromatic rings. The minimum Gasteiger partial charge on any atom is -0.459 e. The van der Waals surface area contributed by atoms with Crippen LogP contribution in [0.1, 0.15) is 46.5 Å². The molecule has 0 bridgehead atoms. The third kappa shape index (κ3) is 4.76. The van der Waals surface area contributed by atoms with Gasteiger partial charge in [-0.05, 0) is 49.6 Å². The molecule has 31 heavy (non-hydrogen) atoms. The van der Waals surface area contributed by atoms with Gasteiger partial charge in [0, 0.05) is 43.9 Å². The Labute approximate surface area is 181 Å². The maximum absolute atomic E-state index is 13.8. The van der Waals surface area contributed by atoms with Crippen molar-refractivity contribution in [3.63, 3.8) is 0 Å². The highest BCUT2D eigenvalue weighted by molar-refractivity contribution is 5.91. The van der Waals surface area contributed by atoms with E-state index in [1.54, 1.807) is 24.3 Å². The molecular formula is C24H27FN4O2. The van der Waals surface area contributed by atoms with Gasteiger partial charge in [0.15, 0.2) is 5.76 Å². The van der Waals surface area contributed by atoms with Gasteiger partial charge < -0.3 is 14.2 Å². The molecule has 1 aliphatic heterocycles. The van der Waals surface area contributed by atoms with E-state index in [2.05, 4.69) is 16.8 Å². The summed E-state index contributed by atoms with van der Waals surface area (Å²) < 4.78 is 19.1. The van der Waals surface area contributed by atoms with Crippen LogP contribution in [0.2, 0.25) is 0 Å². The van der Waals surface area contributed by atoms with Gasteiger partial charge >= 0.3 is 0 Å². The van der Waals surface area contributed by atoms with Crippen LogP contribution < -0.4 is 4.90 Å². The van der Waals surface area contributed by atoms with E-state index in [1.807, 2.05) is 17.9 Å². The lowest BCUT2D eigenvalue weighted by molar-refractivity contribution is 0.0735. The molecule has 162 valence electrons. The molecule has 1 amide bonds. The average Bonchev–Trinajstić information content (AvgIpc) is 3.19. The van der Waals surface area contributed by atoms with Crippen LogP contribution in [0, 0.1) is 12.7 Å². The van der Waals surface area contributed by atoms with E-state index in [0.29, 0.717) is 31.8 Å². The molecule has 2 aromatic heterocycles. The van der Waals surface area contributed by atoms with E-state index in [-0.39, 0.29) is 11.7 Å². The average molecular weight is 423 g/mol. The van der Waals surface area contributed by atoms with Gasteiger partial charge in [0.2, 0.25) is 0 Å². The molecule has 0 N–H and O–H groups in total. The van der Waals surface area contributed by atoms with Gasteiger partial charge in [0.05, 0.1) is 6.26 Å². The van der Waals surface area contributed by atoms with Crippen molar-refractivity contribution < 1.29 is 13.6 Å². The number of hydrogen-bond acceptors (Lipinski definition) is 5. The molecule has 1 fully saturated rings. The summed E-state index contributed by atoms with van der Waals surface area (Å²) in [5.74, 6) is 1.65. The fourth-order valence-electron chi connectivity index (χ4n) is 4.11. The maximum Gasteiger partial charge on any atom is 0.289 e. The number of furan rings is 1. The standard InChI is InChI=1S/C24H27FN4O2/c1-3-21-20(16-18-7-4-8-19(25)15-18)23(27-17(2)26-21)28-10-6-11-29(13-12-28)24(30)22-9-5-14-31-22/h4-5,7-9,14-15H,3,6,10-13,16H2,1-2H3. The summed E-state index contributed by atoms with van der Waals surface area (Å²) in [5, 5.41) is 0. The number of carbonyl (C=O) groups is 1. The Morgan fingerprint density at radius 1 is 1.13 bits per heavy atom. The van der Waals surface area contributed by atoms with E-state index >= 15 is 0 Å². The molecule has 0 spiro atoms. The zero-order chi connectivity index (χ0) is 21.8. The number of amides is 1. The second-order valence-corrected chi connectivity index (χ2v) is 7.79. The van der Waals surface area contributed by atoms with Crippen LogP contribution in [-0.2, 0) is 12.8 Å². The molecule has 1 saturated heterocycles. The van der Waals surface area contributed by atoms with Crippen molar-refractivity contribution in [2.24, 2.45) is 0 Å². The second-order valence-electron chi connectivity index (χ2n) is 7.79. The second kappa shape index (κ2) is 9.29. The summed E-state index contributed by atoms with van der Waals surface area (Å²) in [4.78, 5) is 26.2. The Morgan fingerprint density at radius 3 is 2.74 bits per heavy atom. The predicted octanol–water partition coefficient (Wildman–Crippen LogP) is 4.02. The number of aryl methyl sites for hydroxylation is 2. The molecule has 0 saturated carbocycles. The normalized spacial score (nSPS) is 14.5. The Balaban J connectivity index is 1.61. The molecule has 0 radical (unpaired) electrons. The van der Waals surface area contributed by atoms with Crippen LogP contribution >= 0.6 is 0 Å². The Morgan fingerprint density at radius 2 is 2.00 bits per heavy atom. The van der Waals surface area contributed by atoms with Gasteiger partial charge in [-0.3, -0.25) is 4.79 Å². The summed E-state index contributed by atoms with van der Waals surface area (Å²) in [6.45, 7) is 6.69. The van der Waals surface area contributed by atoms with Crippen LogP contribution in [0.25, 0.3) is 0 Å². The summed E-state index contributed by atoms with van der Waals surface area (Å²) >= 11 is 0. The molecule has 1 aromatic carbocycles. The molecular weight excluding hydrogens is 395 g/mol. The molecule has 0 aliphatic carbocycles. The Hall–Kier alpha value is -3.22. The van der Waals surface area contributed by atoms with E-state index in [4.69, 9.17) is 9.40 Å². The van der Waals surface area contributed by atoms with Crippen molar-refractivity contribution in [1.29, 1.82) is 0 Å². The number of halogens is 1. The summed E-state index contributed by atoms with van der Waals surface area (Å²) in [5.41, 5.74) is 2.91. The van der Waals surface area contributed by atoms with E-state index < -0.39 is 0 Å². The molecule has 7 heteroatoms. The van der Waals surface area contributed by atoms with Crippen molar-refractivity contribution in [3.8, 4) is 0 Å². The fourth-order valence-corrected chi connectivity index (χ4v) is 4.11. The highest BCUT2D eigenvalue weighted by Gasteiger charge is 2.25. The van der Waals surface area contributed by atoms with Crippen LogP contribution in [0.4, 0.5) is 10.2 Å². The van der Waals surface area contributed by atoms with Crippen LogP contribution in [0.15, 0.2) is 47.1 Å². The first-order chi connectivity index (χ1) is 15.0. The van der Waals surface area contributed by atoms with Gasteiger partial charge in [-0.25, -0.2) is 14.4 Å². The quantitative estimate of drug-likeness (QED) is 0.621. The SMILES string of the molecule is CCc1nc(C)nc(N2CCCN(C(=O)c3ccco3)CC2)c1Cc1cccc(F)c1. The number of anilines is 1. The molecule has 4 rings (SSSR count). The predicted molar refractivity (Wildman–Crippen MR) is 117 cm³/mol. The highest BCUT2D eigenvalue weighted by atomic mass is 19.1. The topological polar surface area (TPSA) is 62.5 Å². The largest absolute Gasteiger partial charge is 0.459 e. The third-order valence-electron chi connectivity index (χ3n) is 5.60. The van der Waals surface area contributed by atoms with Crippen molar-refractivity contribution >= 4 is 11.7 Å². The smallest absolute Gasteiger partial charge is 0.289 e. The minimum atomic E-state index is -0.244. The van der Waals surface area contributed by atoms with Crippen molar-refractivity contribution in [2.75, 3.05) is 31.1 Å². The number of rotatable bonds is 5. The lowest BCUT2D eigenvalue weighted by Gasteiger charge is -2.26. The first-order valence-corrected chi connectivity index (χ1v) is 10.7. The highest BCUT2D eigenvalue weighted by Crippen LogP contribution is 2.26. The number of aromatic nitrogens is 2. The van der Waals surface area contributed by atoms with Gasteiger partial charge in [0.25, 0.3) is 5.91 Å². The Bertz CT molecular complexity index is 1050. The zero-order valence-corrected chi connectivity index (χ0v) is 18.0. The summed E-state index contributed by atoms with van der Waals surface area (Å²) in [6.07, 6.45) is 3.70. The Kier molecular flexibility index (Phi) is 6.30. The lowest BCUT2D eigenvalue weighted by Crippen LogP contribution is -2.35. The van der Waals surface area contributed by atoms with Crippen LogP contribution in [0.5, 0.6) is 0 Å². The number of nitrogens with zero attached hydrogens (tertiary/aromatic N) is 4. The van der Waals surface area contributed by atoms with Crippen molar-refractivity contribution in [1.82, 2.24) is 14.9 Å². The van der Waals surface area contributed by atoms with Gasteiger partial charge in [-0.2, -0.15) is 0 Å². The molecule has 1 aliphatic rings. The maximum atomic E-state index is 13.8. The molecule has 6 nitrogen and oxygen atoms in total. The zero-order valence-electron chi connectivity index (χ0n) is 18.0. The van der Waals surface area contributed by atoms with Crippen LogP contribution in [-0.4, -0.2) is 47.0 Å². The minimum absolute atomic E-state index is 0.0834. The summed E-state index contributed by atoms with van der Waals surface area (Å²) in [7, 11) is 0.